The van der Waals surface area contributed by atoms with Gasteiger partial charge in [-0.05, 0) is 18.2 Å². The second-order valence-corrected chi connectivity index (χ2v) is 11.3. The van der Waals surface area contributed by atoms with E-state index in [9.17, 15) is 0 Å². The summed E-state index contributed by atoms with van der Waals surface area (Å²) in [5.41, 5.74) is 4.97. The third-order valence-electron chi connectivity index (χ3n) is 7.79. The lowest BCUT2D eigenvalue weighted by Crippen LogP contribution is -2.06. The Balaban J connectivity index is 1.42. The predicted octanol–water partition coefficient (Wildman–Crippen LogP) is 8.61. The lowest BCUT2D eigenvalue weighted by atomic mass is 10.1. The third kappa shape index (κ3) is 3.47. The Morgan fingerprint density at radius 1 is 0.595 bits per heavy atom. The molecule has 4 heterocycles. The molecular formula is C35H20N6S. The Kier molecular flexibility index (Phi) is 4.97. The van der Waals surface area contributed by atoms with Crippen molar-refractivity contribution in [3.63, 3.8) is 0 Å². The van der Waals surface area contributed by atoms with Crippen molar-refractivity contribution < 1.29 is 0 Å². The second-order valence-electron chi connectivity index (χ2n) is 10.2. The van der Waals surface area contributed by atoms with E-state index in [1.54, 1.807) is 17.7 Å². The normalized spacial score (nSPS) is 11.8. The molecule has 196 valence electrons. The highest BCUT2D eigenvalue weighted by molar-refractivity contribution is 7.26. The first-order chi connectivity index (χ1) is 20.8. The zero-order valence-corrected chi connectivity index (χ0v) is 23.0. The fourth-order valence-electron chi connectivity index (χ4n) is 5.86. The monoisotopic (exact) mass is 556 g/mol. The van der Waals surface area contributed by atoms with Gasteiger partial charge in [-0.25, -0.2) is 15.0 Å². The number of nitrogens with zero attached hydrogens (tertiary/aromatic N) is 6. The van der Waals surface area contributed by atoms with Crippen molar-refractivity contribution in [3.8, 4) is 28.7 Å². The maximum absolute atomic E-state index is 5.10. The van der Waals surface area contributed by atoms with Crippen LogP contribution >= 0.6 is 11.3 Å². The average molecular weight is 557 g/mol. The summed E-state index contributed by atoms with van der Waals surface area (Å²) in [6.45, 7) is 0. The molecule has 0 radical (unpaired) electrons. The van der Waals surface area contributed by atoms with Crippen molar-refractivity contribution in [1.29, 1.82) is 0 Å². The van der Waals surface area contributed by atoms with Crippen molar-refractivity contribution in [2.45, 2.75) is 0 Å². The van der Waals surface area contributed by atoms with E-state index in [-0.39, 0.29) is 0 Å². The van der Waals surface area contributed by atoms with E-state index in [4.69, 9.17) is 15.0 Å². The van der Waals surface area contributed by atoms with Gasteiger partial charge in [-0.15, -0.1) is 11.3 Å². The minimum absolute atomic E-state index is 0.592. The van der Waals surface area contributed by atoms with Crippen LogP contribution in [0.4, 0.5) is 0 Å². The number of rotatable bonds is 3. The standard InChI is InChI=1S/C35H20N6S/c1-3-9-21(10-4-1)33-38-34(22-11-5-2-6-12-22)40-35(39-33)41-29-14-8-7-13-24(29)25-15-16-26-27-18-28-23(19-36-20-37-28)17-30(27)42-32(26)31(25)41/h1-20H. The average Bonchev–Trinajstić information content (AvgIpc) is 3.59. The van der Waals surface area contributed by atoms with Crippen molar-refractivity contribution in [2.75, 3.05) is 0 Å². The molecule has 0 spiro atoms. The maximum atomic E-state index is 5.10. The summed E-state index contributed by atoms with van der Waals surface area (Å²) in [7, 11) is 0. The van der Waals surface area contributed by atoms with Gasteiger partial charge in [0, 0.05) is 49.0 Å². The van der Waals surface area contributed by atoms with Gasteiger partial charge in [-0.1, -0.05) is 91.0 Å². The van der Waals surface area contributed by atoms with Crippen LogP contribution in [0.3, 0.4) is 0 Å². The minimum atomic E-state index is 0.592. The van der Waals surface area contributed by atoms with Crippen LogP contribution in [0.25, 0.3) is 81.6 Å². The minimum Gasteiger partial charge on any atom is -0.276 e. The largest absolute Gasteiger partial charge is 0.276 e. The molecule has 0 unspecified atom stereocenters. The number of benzene rings is 5. The molecule has 0 aliphatic carbocycles. The van der Waals surface area contributed by atoms with E-state index in [0.29, 0.717) is 17.6 Å². The highest BCUT2D eigenvalue weighted by Crippen LogP contribution is 2.43. The van der Waals surface area contributed by atoms with Gasteiger partial charge in [0.05, 0.1) is 21.3 Å². The lowest BCUT2D eigenvalue weighted by molar-refractivity contribution is 0.955. The zero-order valence-electron chi connectivity index (χ0n) is 22.1. The van der Waals surface area contributed by atoms with E-state index >= 15 is 0 Å². The summed E-state index contributed by atoms with van der Waals surface area (Å²) in [5.74, 6) is 1.87. The lowest BCUT2D eigenvalue weighted by Gasteiger charge is -2.11. The molecule has 0 bridgehead atoms. The molecule has 0 aliphatic heterocycles. The molecule has 9 rings (SSSR count). The molecule has 42 heavy (non-hydrogen) atoms. The van der Waals surface area contributed by atoms with Gasteiger partial charge < -0.3 is 0 Å². The number of hydrogen-bond acceptors (Lipinski definition) is 6. The second kappa shape index (κ2) is 8.99. The Hall–Kier alpha value is -5.53. The molecule has 0 aliphatic rings. The topological polar surface area (TPSA) is 69.4 Å². The van der Waals surface area contributed by atoms with Crippen LogP contribution in [-0.4, -0.2) is 29.5 Å². The molecule has 4 aromatic heterocycles. The number of hydrogen-bond donors (Lipinski definition) is 0. The number of aromatic nitrogens is 6. The molecule has 9 aromatic rings. The first kappa shape index (κ1) is 23.2. The smallest absolute Gasteiger partial charge is 0.238 e. The van der Waals surface area contributed by atoms with E-state index in [1.807, 2.05) is 66.9 Å². The van der Waals surface area contributed by atoms with Gasteiger partial charge >= 0.3 is 0 Å². The van der Waals surface area contributed by atoms with Crippen LogP contribution in [0.2, 0.25) is 0 Å². The molecule has 6 nitrogen and oxygen atoms in total. The summed E-state index contributed by atoms with van der Waals surface area (Å²) < 4.78 is 4.59. The summed E-state index contributed by atoms with van der Waals surface area (Å²) in [4.78, 5) is 23.9. The third-order valence-corrected chi connectivity index (χ3v) is 8.96. The highest BCUT2D eigenvalue weighted by atomic mass is 32.1. The molecule has 7 heteroatoms. The van der Waals surface area contributed by atoms with Crippen molar-refractivity contribution >= 4 is 64.2 Å². The van der Waals surface area contributed by atoms with Gasteiger partial charge in [0.25, 0.3) is 0 Å². The van der Waals surface area contributed by atoms with Crippen LogP contribution in [0, 0.1) is 0 Å². The first-order valence-corrected chi connectivity index (χ1v) is 14.5. The Bertz CT molecular complexity index is 2410. The Morgan fingerprint density at radius 2 is 1.29 bits per heavy atom. The molecule has 5 aromatic carbocycles. The predicted molar refractivity (Wildman–Crippen MR) is 171 cm³/mol. The molecule has 0 fully saturated rings. The van der Waals surface area contributed by atoms with E-state index in [2.05, 4.69) is 63.1 Å². The SMILES string of the molecule is c1ccc(-c2nc(-c3ccccc3)nc(-n3c4ccccc4c4ccc5c6cc7ncncc7cc6sc5c43)n2)cc1. The van der Waals surface area contributed by atoms with Crippen molar-refractivity contribution in [1.82, 2.24) is 29.5 Å². The van der Waals surface area contributed by atoms with E-state index in [0.717, 1.165) is 43.8 Å². The van der Waals surface area contributed by atoms with Gasteiger partial charge in [-0.2, -0.15) is 9.97 Å². The fourth-order valence-corrected chi connectivity index (χ4v) is 7.13. The van der Waals surface area contributed by atoms with Gasteiger partial charge in [0.15, 0.2) is 11.6 Å². The molecule has 0 saturated carbocycles. The summed E-state index contributed by atoms with van der Waals surface area (Å²) in [6, 6.07) is 37.5. The highest BCUT2D eigenvalue weighted by Gasteiger charge is 2.21. The molecule has 0 saturated heterocycles. The number of fused-ring (bicyclic) bond motifs is 8. The summed E-state index contributed by atoms with van der Waals surface area (Å²) in [6.07, 6.45) is 3.48. The van der Waals surface area contributed by atoms with Crippen molar-refractivity contribution in [3.05, 3.63) is 122 Å². The maximum Gasteiger partial charge on any atom is 0.238 e. The molecule has 0 atom stereocenters. The van der Waals surface area contributed by atoms with Crippen LogP contribution in [0.5, 0.6) is 0 Å². The number of para-hydroxylation sites is 1. The van der Waals surface area contributed by atoms with Gasteiger partial charge in [-0.3, -0.25) is 4.57 Å². The Labute approximate surface area is 243 Å². The van der Waals surface area contributed by atoms with E-state index < -0.39 is 0 Å². The molecule has 0 amide bonds. The van der Waals surface area contributed by atoms with Gasteiger partial charge in [0.1, 0.15) is 6.33 Å². The van der Waals surface area contributed by atoms with Gasteiger partial charge in [0.2, 0.25) is 5.95 Å². The summed E-state index contributed by atoms with van der Waals surface area (Å²) in [5, 5.41) is 5.73. The van der Waals surface area contributed by atoms with Crippen LogP contribution in [0.15, 0.2) is 122 Å². The van der Waals surface area contributed by atoms with Crippen LogP contribution < -0.4 is 0 Å². The summed E-state index contributed by atoms with van der Waals surface area (Å²) >= 11 is 1.78. The first-order valence-electron chi connectivity index (χ1n) is 13.7. The van der Waals surface area contributed by atoms with Crippen molar-refractivity contribution in [2.24, 2.45) is 0 Å². The van der Waals surface area contributed by atoms with Crippen LogP contribution in [0.1, 0.15) is 0 Å². The Morgan fingerprint density at radius 3 is 2.05 bits per heavy atom. The quantitative estimate of drug-likeness (QED) is 0.218. The fraction of sp³-hybridized carbons (Fsp3) is 0. The number of thiophene rings is 1. The molecular weight excluding hydrogens is 536 g/mol. The van der Waals surface area contributed by atoms with Crippen LogP contribution in [-0.2, 0) is 0 Å². The zero-order chi connectivity index (χ0) is 27.6. The van der Waals surface area contributed by atoms with E-state index in [1.165, 1.54) is 20.2 Å². The molecule has 0 N–H and O–H groups in total.